The maximum absolute atomic E-state index is 12.4. The third-order valence-electron chi connectivity index (χ3n) is 3.26. The van der Waals surface area contributed by atoms with E-state index in [1.807, 2.05) is 0 Å². The summed E-state index contributed by atoms with van der Waals surface area (Å²) in [5, 5.41) is 6.10. The Hall–Kier alpha value is -2.48. The number of benzene rings is 1. The molecule has 0 aliphatic rings. The highest BCUT2D eigenvalue weighted by molar-refractivity contribution is 6.30. The first kappa shape index (κ1) is 19.8. The second-order valence-electron chi connectivity index (χ2n) is 5.26. The summed E-state index contributed by atoms with van der Waals surface area (Å²) in [5.41, 5.74) is -0.808. The fourth-order valence-electron chi connectivity index (χ4n) is 1.94. The molecule has 0 atom stereocenters. The number of nitrogens with zero attached hydrogens (tertiary/aromatic N) is 1. The molecule has 1 amide bonds. The van der Waals surface area contributed by atoms with Crippen LogP contribution in [0.25, 0.3) is 0 Å². The summed E-state index contributed by atoms with van der Waals surface area (Å²) in [6.07, 6.45) is -3.47. The second-order valence-corrected chi connectivity index (χ2v) is 5.70. The van der Waals surface area contributed by atoms with E-state index in [1.54, 1.807) is 24.3 Å². The lowest BCUT2D eigenvalue weighted by Gasteiger charge is -2.10. The quantitative estimate of drug-likeness (QED) is 0.677. The van der Waals surface area contributed by atoms with Crippen LogP contribution in [-0.4, -0.2) is 30.6 Å². The molecule has 1 heterocycles. The van der Waals surface area contributed by atoms with Crippen LogP contribution in [0.4, 0.5) is 19.0 Å². The SMILES string of the molecule is O=C(CCOc1ccc(Cl)cc1)NCCNc1ccc(C(F)(F)F)cn1. The van der Waals surface area contributed by atoms with Crippen molar-refractivity contribution in [3.05, 3.63) is 53.2 Å². The zero-order valence-corrected chi connectivity index (χ0v) is 14.4. The van der Waals surface area contributed by atoms with Crippen molar-refractivity contribution < 1.29 is 22.7 Å². The van der Waals surface area contributed by atoms with Crippen LogP contribution in [0.3, 0.4) is 0 Å². The molecule has 0 unspecified atom stereocenters. The summed E-state index contributed by atoms with van der Waals surface area (Å²) in [6, 6.07) is 8.99. The van der Waals surface area contributed by atoms with E-state index in [1.165, 1.54) is 6.07 Å². The molecule has 0 saturated carbocycles. The number of carbonyl (C=O) groups is 1. The van der Waals surface area contributed by atoms with Crippen LogP contribution in [-0.2, 0) is 11.0 Å². The number of pyridine rings is 1. The Morgan fingerprint density at radius 2 is 1.85 bits per heavy atom. The number of carbonyl (C=O) groups excluding carboxylic acids is 1. The van der Waals surface area contributed by atoms with Crippen molar-refractivity contribution in [3.8, 4) is 5.75 Å². The highest BCUT2D eigenvalue weighted by atomic mass is 35.5. The van der Waals surface area contributed by atoms with Gasteiger partial charge in [0.2, 0.25) is 5.91 Å². The predicted molar refractivity (Wildman–Crippen MR) is 92.3 cm³/mol. The number of aromatic nitrogens is 1. The average molecular weight is 388 g/mol. The van der Waals surface area contributed by atoms with E-state index in [9.17, 15) is 18.0 Å². The molecule has 5 nitrogen and oxygen atoms in total. The van der Waals surface area contributed by atoms with Crippen LogP contribution >= 0.6 is 11.6 Å². The minimum absolute atomic E-state index is 0.182. The van der Waals surface area contributed by atoms with Crippen LogP contribution in [0.15, 0.2) is 42.6 Å². The van der Waals surface area contributed by atoms with Crippen LogP contribution < -0.4 is 15.4 Å². The minimum atomic E-state index is -4.41. The standard InChI is InChI=1S/C17H17ClF3N3O2/c18-13-2-4-14(5-3-13)26-10-7-16(25)23-9-8-22-15-6-1-12(11-24-15)17(19,20)21/h1-6,11H,7-10H2,(H,22,24)(H,23,25). The molecule has 0 fully saturated rings. The molecule has 2 N–H and O–H groups in total. The van der Waals surface area contributed by atoms with Crippen LogP contribution in [0.2, 0.25) is 5.02 Å². The van der Waals surface area contributed by atoms with E-state index in [0.717, 1.165) is 12.3 Å². The Labute approximate surface area is 153 Å². The topological polar surface area (TPSA) is 63.2 Å². The van der Waals surface area contributed by atoms with Gasteiger partial charge in [0.15, 0.2) is 0 Å². The maximum atomic E-state index is 12.4. The van der Waals surface area contributed by atoms with Gasteiger partial charge in [-0.25, -0.2) is 4.98 Å². The van der Waals surface area contributed by atoms with E-state index in [2.05, 4.69) is 15.6 Å². The molecule has 26 heavy (non-hydrogen) atoms. The molecule has 2 aromatic rings. The molecular formula is C17H17ClF3N3O2. The molecule has 0 aliphatic carbocycles. The van der Waals surface area contributed by atoms with E-state index in [4.69, 9.17) is 16.3 Å². The van der Waals surface area contributed by atoms with Gasteiger partial charge < -0.3 is 15.4 Å². The lowest BCUT2D eigenvalue weighted by molar-refractivity contribution is -0.137. The van der Waals surface area contributed by atoms with Crippen molar-refractivity contribution in [1.82, 2.24) is 10.3 Å². The van der Waals surface area contributed by atoms with Gasteiger partial charge in [0.1, 0.15) is 11.6 Å². The number of nitrogens with one attached hydrogen (secondary N) is 2. The number of halogens is 4. The molecule has 1 aromatic carbocycles. The van der Waals surface area contributed by atoms with Gasteiger partial charge in [0.05, 0.1) is 18.6 Å². The van der Waals surface area contributed by atoms with E-state index < -0.39 is 11.7 Å². The Kier molecular flexibility index (Phi) is 7.08. The van der Waals surface area contributed by atoms with Gasteiger partial charge in [-0.2, -0.15) is 13.2 Å². The molecule has 0 aliphatic heterocycles. The van der Waals surface area contributed by atoms with Crippen LogP contribution in [0.1, 0.15) is 12.0 Å². The van der Waals surface area contributed by atoms with E-state index in [-0.39, 0.29) is 18.9 Å². The fourth-order valence-corrected chi connectivity index (χ4v) is 2.07. The summed E-state index contributed by atoms with van der Waals surface area (Å²) in [7, 11) is 0. The Bertz CT molecular complexity index is 707. The van der Waals surface area contributed by atoms with Gasteiger partial charge in [0, 0.05) is 24.3 Å². The number of anilines is 1. The summed E-state index contributed by atoms with van der Waals surface area (Å²) in [4.78, 5) is 15.4. The van der Waals surface area contributed by atoms with Gasteiger partial charge in [-0.05, 0) is 36.4 Å². The highest BCUT2D eigenvalue weighted by Gasteiger charge is 2.30. The maximum Gasteiger partial charge on any atom is 0.417 e. The zero-order chi connectivity index (χ0) is 19.0. The van der Waals surface area contributed by atoms with Crippen molar-refractivity contribution in [2.45, 2.75) is 12.6 Å². The first-order valence-electron chi connectivity index (χ1n) is 7.77. The smallest absolute Gasteiger partial charge is 0.417 e. The molecule has 9 heteroatoms. The van der Waals surface area contributed by atoms with E-state index >= 15 is 0 Å². The molecule has 0 radical (unpaired) electrons. The highest BCUT2D eigenvalue weighted by Crippen LogP contribution is 2.28. The largest absolute Gasteiger partial charge is 0.493 e. The van der Waals surface area contributed by atoms with Crippen molar-refractivity contribution >= 4 is 23.3 Å². The predicted octanol–water partition coefficient (Wildman–Crippen LogP) is 3.75. The van der Waals surface area contributed by atoms with Crippen LogP contribution in [0, 0.1) is 0 Å². The minimum Gasteiger partial charge on any atom is -0.493 e. The normalized spacial score (nSPS) is 11.1. The molecule has 140 valence electrons. The van der Waals surface area contributed by atoms with Crippen LogP contribution in [0.5, 0.6) is 5.75 Å². The Morgan fingerprint density at radius 3 is 2.46 bits per heavy atom. The molecule has 0 saturated heterocycles. The molecule has 0 bridgehead atoms. The Morgan fingerprint density at radius 1 is 1.12 bits per heavy atom. The first-order chi connectivity index (χ1) is 12.3. The summed E-state index contributed by atoms with van der Waals surface area (Å²) < 4.78 is 42.7. The number of hydrogen-bond donors (Lipinski definition) is 2. The fraction of sp³-hybridized carbons (Fsp3) is 0.294. The summed E-state index contributed by atoms with van der Waals surface area (Å²) >= 11 is 5.76. The van der Waals surface area contributed by atoms with Gasteiger partial charge >= 0.3 is 6.18 Å². The number of ether oxygens (including phenoxy) is 1. The first-order valence-corrected chi connectivity index (χ1v) is 8.14. The van der Waals surface area contributed by atoms with Gasteiger partial charge in [-0.1, -0.05) is 11.6 Å². The second kappa shape index (κ2) is 9.28. The number of rotatable bonds is 8. The van der Waals surface area contributed by atoms with Crippen molar-refractivity contribution in [2.75, 3.05) is 25.0 Å². The zero-order valence-electron chi connectivity index (χ0n) is 13.6. The third-order valence-corrected chi connectivity index (χ3v) is 3.51. The lowest BCUT2D eigenvalue weighted by atomic mass is 10.3. The number of alkyl halides is 3. The van der Waals surface area contributed by atoms with Gasteiger partial charge in [-0.3, -0.25) is 4.79 Å². The van der Waals surface area contributed by atoms with Crippen molar-refractivity contribution in [2.24, 2.45) is 0 Å². The van der Waals surface area contributed by atoms with Gasteiger partial charge in [-0.15, -0.1) is 0 Å². The van der Waals surface area contributed by atoms with Crippen molar-refractivity contribution in [3.63, 3.8) is 0 Å². The third kappa shape index (κ3) is 6.79. The molecule has 0 spiro atoms. The summed E-state index contributed by atoms with van der Waals surface area (Å²) in [6.45, 7) is 0.867. The average Bonchev–Trinajstić information content (AvgIpc) is 2.60. The molecule has 1 aromatic heterocycles. The van der Waals surface area contributed by atoms with Gasteiger partial charge in [0.25, 0.3) is 0 Å². The molecular weight excluding hydrogens is 371 g/mol. The lowest BCUT2D eigenvalue weighted by Crippen LogP contribution is -2.29. The van der Waals surface area contributed by atoms with E-state index in [0.29, 0.717) is 29.7 Å². The number of amides is 1. The summed E-state index contributed by atoms with van der Waals surface area (Å²) in [5.74, 6) is 0.733. The van der Waals surface area contributed by atoms with Crippen molar-refractivity contribution in [1.29, 1.82) is 0 Å². The molecule has 2 rings (SSSR count). The monoisotopic (exact) mass is 387 g/mol. The number of hydrogen-bond acceptors (Lipinski definition) is 4. The Balaban J connectivity index is 1.60.